The Morgan fingerprint density at radius 1 is 1.40 bits per heavy atom. The van der Waals surface area contributed by atoms with Gasteiger partial charge >= 0.3 is 0 Å². The van der Waals surface area contributed by atoms with E-state index in [1.165, 1.54) is 25.7 Å². The number of nitrogens with one attached hydrogen (secondary N) is 1. The van der Waals surface area contributed by atoms with Gasteiger partial charge in [0.15, 0.2) is 0 Å². The Hall–Kier alpha value is -0.320. The maximum Gasteiger partial charge on any atom is 0.221 e. The van der Waals surface area contributed by atoms with Crippen LogP contribution >= 0.6 is 12.4 Å². The lowest BCUT2D eigenvalue weighted by molar-refractivity contribution is -0.121. The summed E-state index contributed by atoms with van der Waals surface area (Å²) in [6.45, 7) is 1.64. The predicted molar refractivity (Wildman–Crippen MR) is 62.1 cm³/mol. The fourth-order valence-corrected chi connectivity index (χ4v) is 1.69. The van der Waals surface area contributed by atoms with E-state index in [2.05, 4.69) is 5.32 Å². The summed E-state index contributed by atoms with van der Waals surface area (Å²) in [6, 6.07) is 0. The molecule has 1 amide bonds. The highest BCUT2D eigenvalue weighted by Gasteiger charge is 2.14. The van der Waals surface area contributed by atoms with Gasteiger partial charge in [-0.25, -0.2) is 0 Å². The van der Waals surface area contributed by atoms with Gasteiger partial charge in [0, 0.05) is 19.5 Å². The summed E-state index contributed by atoms with van der Waals surface area (Å²) in [5.41, 5.74) is 5.24. The minimum Gasteiger partial charge on any atom is -0.376 e. The van der Waals surface area contributed by atoms with Crippen LogP contribution < -0.4 is 11.1 Å². The van der Waals surface area contributed by atoms with Gasteiger partial charge < -0.3 is 15.8 Å². The van der Waals surface area contributed by atoms with Crippen LogP contribution in [-0.2, 0) is 9.53 Å². The lowest BCUT2D eigenvalue weighted by Crippen LogP contribution is -2.29. The van der Waals surface area contributed by atoms with Crippen LogP contribution in [0.25, 0.3) is 0 Å². The largest absolute Gasteiger partial charge is 0.376 e. The first-order chi connectivity index (χ1) is 6.83. The zero-order chi connectivity index (χ0) is 10.2. The van der Waals surface area contributed by atoms with Crippen LogP contribution in [0.15, 0.2) is 0 Å². The maximum absolute atomic E-state index is 11.0. The fourth-order valence-electron chi connectivity index (χ4n) is 1.69. The Kier molecular flexibility index (Phi) is 8.76. The van der Waals surface area contributed by atoms with Crippen molar-refractivity contribution in [2.75, 3.05) is 19.7 Å². The van der Waals surface area contributed by atoms with Crippen molar-refractivity contribution in [1.82, 2.24) is 5.32 Å². The van der Waals surface area contributed by atoms with Gasteiger partial charge in [-0.3, -0.25) is 4.79 Å². The number of carbonyl (C=O) groups is 1. The van der Waals surface area contributed by atoms with Gasteiger partial charge in [-0.2, -0.15) is 0 Å². The second kappa shape index (κ2) is 8.95. The molecule has 0 unspecified atom stereocenters. The van der Waals surface area contributed by atoms with Crippen molar-refractivity contribution < 1.29 is 9.53 Å². The first-order valence-electron chi connectivity index (χ1n) is 5.41. The van der Waals surface area contributed by atoms with Crippen LogP contribution in [0, 0.1) is 0 Å². The summed E-state index contributed by atoms with van der Waals surface area (Å²) in [6.07, 6.45) is 5.76. The second-order valence-corrected chi connectivity index (χ2v) is 3.67. The van der Waals surface area contributed by atoms with Crippen LogP contribution in [-0.4, -0.2) is 31.7 Å². The van der Waals surface area contributed by atoms with Crippen molar-refractivity contribution in [3.63, 3.8) is 0 Å². The van der Waals surface area contributed by atoms with Gasteiger partial charge in [0.05, 0.1) is 12.7 Å². The molecule has 0 radical (unpaired) electrons. The van der Waals surface area contributed by atoms with Gasteiger partial charge in [-0.05, 0) is 12.8 Å². The van der Waals surface area contributed by atoms with Crippen molar-refractivity contribution in [2.45, 2.75) is 38.2 Å². The highest BCUT2D eigenvalue weighted by atomic mass is 35.5. The number of hydrogen-bond acceptors (Lipinski definition) is 3. The molecule has 1 aliphatic carbocycles. The lowest BCUT2D eigenvalue weighted by atomic mass is 10.3. The summed E-state index contributed by atoms with van der Waals surface area (Å²) in [7, 11) is 0. The fraction of sp³-hybridized carbons (Fsp3) is 0.900. The molecular formula is C10H21ClN2O2. The molecule has 1 aliphatic rings. The molecule has 0 aromatic carbocycles. The van der Waals surface area contributed by atoms with Gasteiger partial charge in [0.1, 0.15) is 0 Å². The summed E-state index contributed by atoms with van der Waals surface area (Å²) in [4.78, 5) is 11.0. The van der Waals surface area contributed by atoms with E-state index in [1.807, 2.05) is 0 Å². The molecule has 1 saturated carbocycles. The smallest absolute Gasteiger partial charge is 0.221 e. The second-order valence-electron chi connectivity index (χ2n) is 3.67. The molecule has 0 aromatic heterocycles. The summed E-state index contributed by atoms with van der Waals surface area (Å²) < 4.78 is 5.59. The molecule has 1 rings (SSSR count). The van der Waals surface area contributed by atoms with E-state index in [0.717, 1.165) is 0 Å². The minimum absolute atomic E-state index is 0. The third kappa shape index (κ3) is 6.71. The molecule has 0 aromatic rings. The van der Waals surface area contributed by atoms with Crippen LogP contribution in [0.2, 0.25) is 0 Å². The monoisotopic (exact) mass is 236 g/mol. The van der Waals surface area contributed by atoms with E-state index < -0.39 is 0 Å². The Bertz CT molecular complexity index is 173. The summed E-state index contributed by atoms with van der Waals surface area (Å²) >= 11 is 0. The average Bonchev–Trinajstić information content (AvgIpc) is 2.65. The van der Waals surface area contributed by atoms with Crippen LogP contribution in [0.1, 0.15) is 32.1 Å². The zero-order valence-electron chi connectivity index (χ0n) is 9.04. The van der Waals surface area contributed by atoms with E-state index in [1.54, 1.807) is 0 Å². The van der Waals surface area contributed by atoms with Gasteiger partial charge in [0.25, 0.3) is 0 Å². The third-order valence-electron chi connectivity index (χ3n) is 2.45. The molecule has 0 heterocycles. The predicted octanol–water partition coefficient (Wildman–Crippen LogP) is 0.832. The molecule has 15 heavy (non-hydrogen) atoms. The van der Waals surface area contributed by atoms with E-state index in [0.29, 0.717) is 32.2 Å². The Morgan fingerprint density at radius 2 is 2.07 bits per heavy atom. The normalized spacial score (nSPS) is 16.1. The third-order valence-corrected chi connectivity index (χ3v) is 2.45. The summed E-state index contributed by atoms with van der Waals surface area (Å²) in [5.74, 6) is 0.0162. The number of rotatable bonds is 6. The van der Waals surface area contributed by atoms with Crippen LogP contribution in [0.5, 0.6) is 0 Å². The van der Waals surface area contributed by atoms with Crippen molar-refractivity contribution >= 4 is 18.3 Å². The quantitative estimate of drug-likeness (QED) is 0.672. The molecule has 0 spiro atoms. The number of halogens is 1. The van der Waals surface area contributed by atoms with Crippen molar-refractivity contribution in [1.29, 1.82) is 0 Å². The number of carbonyl (C=O) groups excluding carboxylic acids is 1. The first-order valence-corrected chi connectivity index (χ1v) is 5.41. The molecule has 5 heteroatoms. The van der Waals surface area contributed by atoms with Gasteiger partial charge in [-0.1, -0.05) is 12.8 Å². The lowest BCUT2D eigenvalue weighted by Gasteiger charge is -2.11. The SMILES string of the molecule is Cl.NCCC(=O)NCCOC1CCCC1. The number of hydrogen-bond donors (Lipinski definition) is 2. The van der Waals surface area contributed by atoms with Gasteiger partial charge in [-0.15, -0.1) is 12.4 Å². The molecule has 0 atom stereocenters. The zero-order valence-corrected chi connectivity index (χ0v) is 9.85. The molecule has 1 fully saturated rings. The van der Waals surface area contributed by atoms with E-state index >= 15 is 0 Å². The molecule has 0 bridgehead atoms. The molecule has 0 saturated heterocycles. The molecule has 3 N–H and O–H groups in total. The average molecular weight is 237 g/mol. The molecule has 90 valence electrons. The molecule has 0 aliphatic heterocycles. The molecule has 4 nitrogen and oxygen atoms in total. The Labute approximate surface area is 97.3 Å². The number of amides is 1. The van der Waals surface area contributed by atoms with Crippen LogP contribution in [0.3, 0.4) is 0 Å². The van der Waals surface area contributed by atoms with Gasteiger partial charge in [0.2, 0.25) is 5.91 Å². The number of nitrogens with two attached hydrogens (primary N) is 1. The maximum atomic E-state index is 11.0. The summed E-state index contributed by atoms with van der Waals surface area (Å²) in [5, 5.41) is 2.76. The highest BCUT2D eigenvalue weighted by molar-refractivity contribution is 5.85. The van der Waals surface area contributed by atoms with Crippen molar-refractivity contribution in [2.24, 2.45) is 5.73 Å². The Balaban J connectivity index is 0.00000196. The first kappa shape index (κ1) is 14.7. The van der Waals surface area contributed by atoms with Crippen molar-refractivity contribution in [3.8, 4) is 0 Å². The number of ether oxygens (including phenoxy) is 1. The minimum atomic E-state index is 0. The van der Waals surface area contributed by atoms with E-state index in [9.17, 15) is 4.79 Å². The van der Waals surface area contributed by atoms with Crippen LogP contribution in [0.4, 0.5) is 0 Å². The molecular weight excluding hydrogens is 216 g/mol. The Morgan fingerprint density at radius 3 is 2.67 bits per heavy atom. The van der Waals surface area contributed by atoms with Crippen molar-refractivity contribution in [3.05, 3.63) is 0 Å². The standard InChI is InChI=1S/C10H20N2O2.ClH/c11-6-5-10(13)12-7-8-14-9-3-1-2-4-9;/h9H,1-8,11H2,(H,12,13);1H. The van der Waals surface area contributed by atoms with E-state index in [-0.39, 0.29) is 18.3 Å². The topological polar surface area (TPSA) is 64.4 Å². The highest BCUT2D eigenvalue weighted by Crippen LogP contribution is 2.20. The van der Waals surface area contributed by atoms with E-state index in [4.69, 9.17) is 10.5 Å².